The highest BCUT2D eigenvalue weighted by atomic mass is 35.5. The van der Waals surface area contributed by atoms with Crippen LogP contribution in [0.3, 0.4) is 0 Å². The van der Waals surface area contributed by atoms with Gasteiger partial charge in [-0.05, 0) is 36.2 Å². The first-order valence-electron chi connectivity index (χ1n) is 6.02. The van der Waals surface area contributed by atoms with Crippen molar-refractivity contribution in [1.29, 1.82) is 0 Å². The molecule has 0 fully saturated rings. The quantitative estimate of drug-likeness (QED) is 0.500. The number of halogens is 1. The number of rotatable bonds is 5. The van der Waals surface area contributed by atoms with Crippen LogP contribution in [-0.2, 0) is 11.5 Å². The number of thioether (sulfide) groups is 1. The SMILES string of the molecule is Cc1sc(C(=O)NN)cc1CSCc1ccc(Cl)cc1. The van der Waals surface area contributed by atoms with Crippen LogP contribution in [0.5, 0.6) is 0 Å². The first-order chi connectivity index (χ1) is 9.60. The Kier molecular flexibility index (Phi) is 5.48. The smallest absolute Gasteiger partial charge is 0.275 e. The molecular formula is C14H15ClN2OS2. The van der Waals surface area contributed by atoms with Gasteiger partial charge in [-0.25, -0.2) is 5.84 Å². The average molecular weight is 327 g/mol. The van der Waals surface area contributed by atoms with Crippen molar-refractivity contribution in [2.45, 2.75) is 18.4 Å². The van der Waals surface area contributed by atoms with Gasteiger partial charge in [-0.15, -0.1) is 11.3 Å². The molecule has 106 valence electrons. The summed E-state index contributed by atoms with van der Waals surface area (Å²) in [4.78, 5) is 13.3. The van der Waals surface area contributed by atoms with Crippen LogP contribution in [-0.4, -0.2) is 5.91 Å². The minimum Gasteiger partial charge on any atom is -0.289 e. The average Bonchev–Trinajstić information content (AvgIpc) is 2.82. The van der Waals surface area contributed by atoms with E-state index in [1.165, 1.54) is 22.5 Å². The Hall–Kier alpha value is -1.01. The number of hydrogen-bond acceptors (Lipinski definition) is 4. The first-order valence-corrected chi connectivity index (χ1v) is 8.37. The number of amides is 1. The van der Waals surface area contributed by atoms with Crippen molar-refractivity contribution < 1.29 is 4.79 Å². The van der Waals surface area contributed by atoms with Gasteiger partial charge in [-0.1, -0.05) is 23.7 Å². The molecule has 1 aromatic carbocycles. The fourth-order valence-corrected chi connectivity index (χ4v) is 3.92. The number of hydrazine groups is 1. The maximum absolute atomic E-state index is 11.5. The molecule has 0 aliphatic heterocycles. The lowest BCUT2D eigenvalue weighted by atomic mass is 10.2. The molecule has 0 saturated heterocycles. The van der Waals surface area contributed by atoms with E-state index in [9.17, 15) is 4.79 Å². The molecule has 1 aromatic heterocycles. The molecule has 0 radical (unpaired) electrons. The summed E-state index contributed by atoms with van der Waals surface area (Å²) < 4.78 is 0. The zero-order valence-electron chi connectivity index (χ0n) is 11.0. The topological polar surface area (TPSA) is 55.1 Å². The summed E-state index contributed by atoms with van der Waals surface area (Å²) in [7, 11) is 0. The van der Waals surface area contributed by atoms with Gasteiger partial charge in [0.05, 0.1) is 4.88 Å². The van der Waals surface area contributed by atoms with Crippen molar-refractivity contribution in [2.75, 3.05) is 0 Å². The van der Waals surface area contributed by atoms with Crippen LogP contribution in [0.1, 0.15) is 25.7 Å². The number of aryl methyl sites for hydroxylation is 1. The van der Waals surface area contributed by atoms with Gasteiger partial charge in [0.1, 0.15) is 0 Å². The number of nitrogens with one attached hydrogen (secondary N) is 1. The molecule has 0 unspecified atom stereocenters. The zero-order chi connectivity index (χ0) is 14.5. The second-order valence-corrected chi connectivity index (χ2v) is 6.96. The molecule has 0 atom stereocenters. The number of carbonyl (C=O) groups excluding carboxylic acids is 1. The number of hydrogen-bond donors (Lipinski definition) is 2. The number of nitrogen functional groups attached to an aromatic ring is 1. The zero-order valence-corrected chi connectivity index (χ0v) is 13.4. The van der Waals surface area contributed by atoms with Gasteiger partial charge < -0.3 is 0 Å². The van der Waals surface area contributed by atoms with Crippen LogP contribution in [0.15, 0.2) is 30.3 Å². The summed E-state index contributed by atoms with van der Waals surface area (Å²) in [6.45, 7) is 2.02. The fraction of sp³-hybridized carbons (Fsp3) is 0.214. The van der Waals surface area contributed by atoms with E-state index in [0.29, 0.717) is 4.88 Å². The minimum absolute atomic E-state index is 0.230. The summed E-state index contributed by atoms with van der Waals surface area (Å²) in [6, 6.07) is 9.78. The molecule has 0 bridgehead atoms. The molecule has 20 heavy (non-hydrogen) atoms. The van der Waals surface area contributed by atoms with Crippen LogP contribution >= 0.6 is 34.7 Å². The van der Waals surface area contributed by atoms with E-state index in [4.69, 9.17) is 17.4 Å². The van der Waals surface area contributed by atoms with Gasteiger partial charge in [0.25, 0.3) is 5.91 Å². The van der Waals surface area contributed by atoms with Crippen molar-refractivity contribution in [2.24, 2.45) is 5.84 Å². The number of thiophene rings is 1. The number of nitrogens with two attached hydrogens (primary N) is 1. The normalized spacial score (nSPS) is 10.6. The molecule has 2 aromatic rings. The highest BCUT2D eigenvalue weighted by Gasteiger charge is 2.11. The third-order valence-electron chi connectivity index (χ3n) is 2.82. The Morgan fingerprint density at radius 3 is 2.70 bits per heavy atom. The molecule has 3 nitrogen and oxygen atoms in total. The largest absolute Gasteiger partial charge is 0.289 e. The highest BCUT2D eigenvalue weighted by Crippen LogP contribution is 2.27. The maximum atomic E-state index is 11.5. The van der Waals surface area contributed by atoms with E-state index >= 15 is 0 Å². The Balaban J connectivity index is 1.92. The van der Waals surface area contributed by atoms with Gasteiger partial charge in [-0.2, -0.15) is 11.8 Å². The van der Waals surface area contributed by atoms with Crippen molar-refractivity contribution in [3.05, 3.63) is 56.2 Å². The third kappa shape index (κ3) is 3.99. The first kappa shape index (κ1) is 15.4. The summed E-state index contributed by atoms with van der Waals surface area (Å²) in [6.07, 6.45) is 0. The van der Waals surface area contributed by atoms with Gasteiger partial charge in [0.2, 0.25) is 0 Å². The third-order valence-corrected chi connectivity index (χ3v) is 5.21. The van der Waals surface area contributed by atoms with E-state index in [2.05, 4.69) is 5.43 Å². The summed E-state index contributed by atoms with van der Waals surface area (Å²) in [5, 5.41) is 0.755. The standard InChI is InChI=1S/C14H15ClN2OS2/c1-9-11(6-13(20-9)14(18)17-16)8-19-7-10-2-4-12(15)5-3-10/h2-6H,7-8,16H2,1H3,(H,17,18). The Labute approximate surface area is 131 Å². The lowest BCUT2D eigenvalue weighted by Crippen LogP contribution is -2.29. The fourth-order valence-electron chi connectivity index (χ4n) is 1.71. The maximum Gasteiger partial charge on any atom is 0.275 e. The number of benzene rings is 1. The minimum atomic E-state index is -0.230. The lowest BCUT2D eigenvalue weighted by Gasteiger charge is -2.02. The van der Waals surface area contributed by atoms with E-state index in [0.717, 1.165) is 21.4 Å². The molecule has 0 aliphatic rings. The molecule has 2 rings (SSSR count). The predicted octanol–water partition coefficient (Wildman–Crippen LogP) is 3.75. The molecule has 3 N–H and O–H groups in total. The van der Waals surface area contributed by atoms with Crippen molar-refractivity contribution in [1.82, 2.24) is 5.43 Å². The van der Waals surface area contributed by atoms with Gasteiger partial charge in [0, 0.05) is 21.4 Å². The highest BCUT2D eigenvalue weighted by molar-refractivity contribution is 7.97. The molecule has 0 spiro atoms. The van der Waals surface area contributed by atoms with Crippen LogP contribution in [0.25, 0.3) is 0 Å². The predicted molar refractivity (Wildman–Crippen MR) is 87.2 cm³/mol. The summed E-state index contributed by atoms with van der Waals surface area (Å²) in [5.41, 5.74) is 4.59. The second kappa shape index (κ2) is 7.13. The molecular weight excluding hydrogens is 312 g/mol. The lowest BCUT2D eigenvalue weighted by molar-refractivity contribution is 0.0957. The monoisotopic (exact) mass is 326 g/mol. The summed E-state index contributed by atoms with van der Waals surface area (Å²) >= 11 is 9.14. The van der Waals surface area contributed by atoms with E-state index in [-0.39, 0.29) is 5.91 Å². The van der Waals surface area contributed by atoms with Crippen LogP contribution in [0.2, 0.25) is 5.02 Å². The van der Waals surface area contributed by atoms with E-state index < -0.39 is 0 Å². The molecule has 0 aliphatic carbocycles. The Bertz CT molecular complexity index is 596. The molecule has 1 heterocycles. The van der Waals surface area contributed by atoms with Crippen molar-refractivity contribution in [3.63, 3.8) is 0 Å². The van der Waals surface area contributed by atoms with E-state index in [1.54, 1.807) is 0 Å². The van der Waals surface area contributed by atoms with Crippen molar-refractivity contribution >= 4 is 40.6 Å². The molecule has 1 amide bonds. The molecule has 0 saturated carbocycles. The van der Waals surface area contributed by atoms with Crippen LogP contribution in [0.4, 0.5) is 0 Å². The molecule has 6 heteroatoms. The van der Waals surface area contributed by atoms with Gasteiger partial charge in [0.15, 0.2) is 0 Å². The number of carbonyl (C=O) groups is 1. The Morgan fingerprint density at radius 1 is 1.35 bits per heavy atom. The van der Waals surface area contributed by atoms with E-state index in [1.807, 2.05) is 49.0 Å². The summed E-state index contributed by atoms with van der Waals surface area (Å²) in [5.74, 6) is 6.71. The van der Waals surface area contributed by atoms with Gasteiger partial charge in [-0.3, -0.25) is 10.2 Å². The van der Waals surface area contributed by atoms with Gasteiger partial charge >= 0.3 is 0 Å². The van der Waals surface area contributed by atoms with Crippen LogP contribution in [0, 0.1) is 6.92 Å². The second-order valence-electron chi connectivity index (χ2n) is 4.28. The van der Waals surface area contributed by atoms with Crippen molar-refractivity contribution in [3.8, 4) is 0 Å². The van der Waals surface area contributed by atoms with Crippen LogP contribution < -0.4 is 11.3 Å². The Morgan fingerprint density at radius 2 is 2.05 bits per heavy atom.